The topological polar surface area (TPSA) is 107 Å². The molecular weight excluding hydrogens is 499 g/mol. The van der Waals surface area contributed by atoms with Gasteiger partial charge >= 0.3 is 17.9 Å². The molecule has 0 aliphatic carbocycles. The number of hydrogen-bond donors (Lipinski definition) is 0. The number of benzene rings is 2. The van der Waals surface area contributed by atoms with Crippen molar-refractivity contribution in [3.8, 4) is 11.1 Å². The van der Waals surface area contributed by atoms with E-state index < -0.39 is 29.6 Å². The third-order valence-corrected chi connectivity index (χ3v) is 5.18. The average molecular weight is 533 g/mol. The summed E-state index contributed by atoms with van der Waals surface area (Å²) in [6.45, 7) is 3.44. The molecule has 0 amide bonds. The van der Waals surface area contributed by atoms with E-state index in [2.05, 4.69) is 4.74 Å². The third-order valence-electron chi connectivity index (χ3n) is 5.18. The molecule has 38 heavy (non-hydrogen) atoms. The number of carbonyl (C=O) groups excluding carboxylic acids is 3. The van der Waals surface area contributed by atoms with Gasteiger partial charge in [-0.05, 0) is 24.1 Å². The quantitative estimate of drug-likeness (QED) is 0.131. The predicted molar refractivity (Wildman–Crippen MR) is 136 cm³/mol. The maximum atomic E-state index is 14.6. The number of methoxy groups -OCH3 is 1. The van der Waals surface area contributed by atoms with Crippen LogP contribution in [0.1, 0.15) is 18.4 Å². The minimum Gasteiger partial charge on any atom is -0.466 e. The molecule has 0 fully saturated rings. The molecule has 10 heteroatoms. The van der Waals surface area contributed by atoms with E-state index in [-0.39, 0.29) is 26.4 Å². The zero-order valence-corrected chi connectivity index (χ0v) is 21.6. The monoisotopic (exact) mass is 532 g/mol. The van der Waals surface area contributed by atoms with Crippen molar-refractivity contribution in [1.82, 2.24) is 0 Å². The maximum Gasteiger partial charge on any atom is 0.331 e. The lowest BCUT2D eigenvalue weighted by molar-refractivity contribution is -0.146. The van der Waals surface area contributed by atoms with Crippen molar-refractivity contribution >= 4 is 17.9 Å². The Morgan fingerprint density at radius 3 is 1.89 bits per heavy atom. The van der Waals surface area contributed by atoms with Crippen LogP contribution < -0.4 is 0 Å². The SMILES string of the molecule is COC(=O)/C=C/C(=O)OCCOCCOCCOCCOC(=O)[C@H](C)c1ccc(-c2ccccc2)c(F)c1. The second kappa shape index (κ2) is 17.8. The molecular formula is C28H33FO9. The van der Waals surface area contributed by atoms with E-state index in [1.54, 1.807) is 19.1 Å². The molecule has 9 nitrogen and oxygen atoms in total. The van der Waals surface area contributed by atoms with E-state index >= 15 is 0 Å². The second-order valence-corrected chi connectivity index (χ2v) is 7.86. The fourth-order valence-electron chi connectivity index (χ4n) is 3.11. The first-order chi connectivity index (χ1) is 18.4. The van der Waals surface area contributed by atoms with Gasteiger partial charge in [-0.15, -0.1) is 0 Å². The van der Waals surface area contributed by atoms with Gasteiger partial charge in [0.05, 0.1) is 52.7 Å². The number of hydrogen-bond acceptors (Lipinski definition) is 9. The number of halogens is 1. The van der Waals surface area contributed by atoms with Crippen LogP contribution in [0.3, 0.4) is 0 Å². The van der Waals surface area contributed by atoms with Gasteiger partial charge in [-0.3, -0.25) is 4.79 Å². The van der Waals surface area contributed by atoms with Crippen molar-refractivity contribution in [2.24, 2.45) is 0 Å². The molecule has 0 spiro atoms. The van der Waals surface area contributed by atoms with Gasteiger partial charge in [0, 0.05) is 17.7 Å². The summed E-state index contributed by atoms with van der Waals surface area (Å²) < 4.78 is 45.0. The zero-order chi connectivity index (χ0) is 27.6. The Hall–Kier alpha value is -3.60. The summed E-state index contributed by atoms with van der Waals surface area (Å²) in [6, 6.07) is 14.0. The minimum absolute atomic E-state index is 0.0404. The van der Waals surface area contributed by atoms with E-state index in [1.165, 1.54) is 13.2 Å². The van der Waals surface area contributed by atoms with Crippen LogP contribution in [0.2, 0.25) is 0 Å². The highest BCUT2D eigenvalue weighted by molar-refractivity contribution is 5.91. The Labute approximate surface area is 221 Å². The van der Waals surface area contributed by atoms with Gasteiger partial charge in [0.2, 0.25) is 0 Å². The van der Waals surface area contributed by atoms with Crippen LogP contribution in [0.25, 0.3) is 11.1 Å². The van der Waals surface area contributed by atoms with Crippen LogP contribution in [0, 0.1) is 5.82 Å². The van der Waals surface area contributed by atoms with Crippen LogP contribution in [0.15, 0.2) is 60.7 Å². The van der Waals surface area contributed by atoms with Crippen molar-refractivity contribution < 1.29 is 47.2 Å². The number of esters is 3. The van der Waals surface area contributed by atoms with Gasteiger partial charge in [0.15, 0.2) is 0 Å². The fraction of sp³-hybridized carbons (Fsp3) is 0.393. The molecule has 1 atom stereocenters. The van der Waals surface area contributed by atoms with Crippen molar-refractivity contribution in [3.63, 3.8) is 0 Å². The van der Waals surface area contributed by atoms with Crippen molar-refractivity contribution in [2.75, 3.05) is 60.0 Å². The summed E-state index contributed by atoms with van der Waals surface area (Å²) >= 11 is 0. The standard InChI is InChI=1S/C28H33FO9/c1-21(23-8-9-24(25(29)20-23)22-6-4-3-5-7-22)28(32)38-19-17-36-15-13-34-12-14-35-16-18-37-27(31)11-10-26(30)33-2/h3-11,20-21H,12-19H2,1-2H3/b11-10+/t21-/m1/s1. The molecule has 206 valence electrons. The third kappa shape index (κ3) is 11.6. The van der Waals surface area contributed by atoms with E-state index in [0.29, 0.717) is 37.6 Å². The highest BCUT2D eigenvalue weighted by Crippen LogP contribution is 2.26. The molecule has 0 heterocycles. The van der Waals surface area contributed by atoms with Crippen LogP contribution in [-0.2, 0) is 42.8 Å². The van der Waals surface area contributed by atoms with Gasteiger partial charge in [0.25, 0.3) is 0 Å². The molecule has 0 aliphatic rings. The molecule has 2 aromatic rings. The molecule has 2 aromatic carbocycles. The fourth-order valence-corrected chi connectivity index (χ4v) is 3.11. The number of carbonyl (C=O) groups is 3. The summed E-state index contributed by atoms with van der Waals surface area (Å²) in [5, 5.41) is 0. The lowest BCUT2D eigenvalue weighted by Gasteiger charge is -2.13. The van der Waals surface area contributed by atoms with E-state index in [0.717, 1.165) is 17.7 Å². The molecule has 0 radical (unpaired) electrons. The number of ether oxygens (including phenoxy) is 6. The molecule has 0 saturated heterocycles. The Kier molecular flexibility index (Phi) is 14.3. The van der Waals surface area contributed by atoms with Gasteiger partial charge in [0.1, 0.15) is 19.0 Å². The van der Waals surface area contributed by atoms with Gasteiger partial charge in [-0.25, -0.2) is 14.0 Å². The smallest absolute Gasteiger partial charge is 0.331 e. The van der Waals surface area contributed by atoms with Crippen molar-refractivity contribution in [2.45, 2.75) is 12.8 Å². The Balaban J connectivity index is 1.48. The first-order valence-electron chi connectivity index (χ1n) is 12.1. The van der Waals surface area contributed by atoms with Gasteiger partial charge in [-0.2, -0.15) is 0 Å². The lowest BCUT2D eigenvalue weighted by atomic mass is 9.97. The number of rotatable bonds is 17. The van der Waals surface area contributed by atoms with Crippen molar-refractivity contribution in [1.29, 1.82) is 0 Å². The van der Waals surface area contributed by atoms with Crippen LogP contribution in [-0.4, -0.2) is 77.9 Å². The lowest BCUT2D eigenvalue weighted by Crippen LogP contribution is -2.18. The van der Waals surface area contributed by atoms with Crippen molar-refractivity contribution in [3.05, 3.63) is 72.1 Å². The second-order valence-electron chi connectivity index (χ2n) is 7.86. The molecule has 0 unspecified atom stereocenters. The molecule has 2 rings (SSSR count). The Morgan fingerprint density at radius 2 is 1.32 bits per heavy atom. The molecule has 0 saturated carbocycles. The van der Waals surface area contributed by atoms with Crippen LogP contribution in [0.5, 0.6) is 0 Å². The normalized spacial score (nSPS) is 11.8. The van der Waals surface area contributed by atoms with E-state index in [9.17, 15) is 18.8 Å². The first kappa shape index (κ1) is 30.6. The summed E-state index contributed by atoms with van der Waals surface area (Å²) in [6.07, 6.45) is 1.94. The summed E-state index contributed by atoms with van der Waals surface area (Å²) in [4.78, 5) is 34.5. The molecule has 0 aromatic heterocycles. The zero-order valence-electron chi connectivity index (χ0n) is 21.6. The van der Waals surface area contributed by atoms with Crippen LogP contribution in [0.4, 0.5) is 4.39 Å². The van der Waals surface area contributed by atoms with E-state index in [1.807, 2.05) is 30.3 Å². The highest BCUT2D eigenvalue weighted by Gasteiger charge is 2.18. The first-order valence-corrected chi connectivity index (χ1v) is 12.1. The minimum atomic E-state index is -0.668. The Morgan fingerprint density at radius 1 is 0.763 bits per heavy atom. The summed E-state index contributed by atoms with van der Waals surface area (Å²) in [5.74, 6) is -2.78. The van der Waals surface area contributed by atoms with Gasteiger partial charge in [-0.1, -0.05) is 42.5 Å². The molecule has 0 N–H and O–H groups in total. The average Bonchev–Trinajstić information content (AvgIpc) is 2.93. The van der Waals surface area contributed by atoms with Gasteiger partial charge < -0.3 is 28.4 Å². The molecule has 0 bridgehead atoms. The molecule has 0 aliphatic heterocycles. The largest absolute Gasteiger partial charge is 0.466 e. The highest BCUT2D eigenvalue weighted by atomic mass is 19.1. The predicted octanol–water partition coefficient (Wildman–Crippen LogP) is 3.46. The Bertz CT molecular complexity index is 1040. The maximum absolute atomic E-state index is 14.6. The van der Waals surface area contributed by atoms with E-state index in [4.69, 9.17) is 23.7 Å². The van der Waals surface area contributed by atoms with Crippen LogP contribution >= 0.6 is 0 Å². The summed E-state index contributed by atoms with van der Waals surface area (Å²) in [5.41, 5.74) is 1.78. The summed E-state index contributed by atoms with van der Waals surface area (Å²) in [7, 11) is 1.21.